The zero-order valence-corrected chi connectivity index (χ0v) is 19.4. The molecule has 2 aromatic carbocycles. The van der Waals surface area contributed by atoms with Gasteiger partial charge in [-0.1, -0.05) is 45.4 Å². The molecule has 0 fully saturated rings. The molecule has 3 aromatic rings. The molecule has 0 aliphatic heterocycles. The van der Waals surface area contributed by atoms with E-state index in [4.69, 9.17) is 11.6 Å². The quantitative estimate of drug-likeness (QED) is 0.460. The number of carbonyl (C=O) groups is 2. The Morgan fingerprint density at radius 2 is 1.73 bits per heavy atom. The first kappa shape index (κ1) is 22.3. The lowest BCUT2D eigenvalue weighted by molar-refractivity contribution is -0.116. The van der Waals surface area contributed by atoms with Crippen LogP contribution in [-0.4, -0.2) is 32.3 Å². The van der Waals surface area contributed by atoms with Crippen molar-refractivity contribution in [3.05, 3.63) is 63.3 Å². The van der Waals surface area contributed by atoms with Gasteiger partial charge in [0.1, 0.15) is 5.82 Å². The van der Waals surface area contributed by atoms with Crippen molar-refractivity contribution in [2.75, 3.05) is 16.4 Å². The average Bonchev–Trinajstić information content (AvgIpc) is 3.04. The number of anilines is 2. The number of carbonyl (C=O) groups excluding carboxylic acids is 2. The molecule has 0 atom stereocenters. The van der Waals surface area contributed by atoms with Gasteiger partial charge in [0.05, 0.1) is 12.2 Å². The highest BCUT2D eigenvalue weighted by Gasteiger charge is 2.15. The maximum atomic E-state index is 12.3. The molecule has 1 aromatic heterocycles. The highest BCUT2D eigenvalue weighted by molar-refractivity contribution is 9.10. The van der Waals surface area contributed by atoms with Gasteiger partial charge in [0.2, 0.25) is 11.8 Å². The van der Waals surface area contributed by atoms with E-state index in [1.807, 2.05) is 37.3 Å². The van der Waals surface area contributed by atoms with Crippen LogP contribution in [0, 0.1) is 6.92 Å². The van der Waals surface area contributed by atoms with Crippen molar-refractivity contribution in [2.45, 2.75) is 18.5 Å². The minimum Gasteiger partial charge on any atom is -0.326 e. The molecule has 30 heavy (non-hydrogen) atoms. The fourth-order valence-electron chi connectivity index (χ4n) is 2.50. The number of amides is 2. The van der Waals surface area contributed by atoms with E-state index in [0.717, 1.165) is 15.7 Å². The monoisotopic (exact) mass is 507 g/mol. The van der Waals surface area contributed by atoms with Crippen molar-refractivity contribution in [3.8, 4) is 0 Å². The van der Waals surface area contributed by atoms with E-state index in [0.29, 0.717) is 21.7 Å². The zero-order chi connectivity index (χ0) is 21.7. The van der Waals surface area contributed by atoms with Gasteiger partial charge in [-0.3, -0.25) is 9.59 Å². The van der Waals surface area contributed by atoms with Crippen molar-refractivity contribution in [1.82, 2.24) is 14.8 Å². The first-order valence-electron chi connectivity index (χ1n) is 8.94. The van der Waals surface area contributed by atoms with Crippen LogP contribution in [0.2, 0.25) is 5.02 Å². The maximum absolute atomic E-state index is 12.3. The number of hydrogen-bond acceptors (Lipinski definition) is 5. The largest absolute Gasteiger partial charge is 0.326 e. The Balaban J connectivity index is 1.53. The number of thioether (sulfide) groups is 1. The maximum Gasteiger partial charge on any atom is 0.234 e. The lowest BCUT2D eigenvalue weighted by Crippen LogP contribution is -2.17. The van der Waals surface area contributed by atoms with Crippen molar-refractivity contribution >= 4 is 62.5 Å². The molecule has 0 aliphatic carbocycles. The summed E-state index contributed by atoms with van der Waals surface area (Å²) in [5.74, 6) is 0.299. The van der Waals surface area contributed by atoms with Crippen molar-refractivity contribution in [2.24, 2.45) is 7.05 Å². The normalized spacial score (nSPS) is 10.7. The highest BCUT2D eigenvalue weighted by Crippen LogP contribution is 2.21. The molecule has 0 spiro atoms. The van der Waals surface area contributed by atoms with E-state index in [-0.39, 0.29) is 24.0 Å². The van der Waals surface area contributed by atoms with Gasteiger partial charge in [0.15, 0.2) is 5.16 Å². The Morgan fingerprint density at radius 3 is 2.43 bits per heavy atom. The summed E-state index contributed by atoms with van der Waals surface area (Å²) in [7, 11) is 1.76. The molecule has 10 heteroatoms. The van der Waals surface area contributed by atoms with Crippen LogP contribution >= 0.6 is 39.3 Å². The first-order valence-corrected chi connectivity index (χ1v) is 11.1. The van der Waals surface area contributed by atoms with Crippen LogP contribution in [0.3, 0.4) is 0 Å². The minimum atomic E-state index is -0.227. The molecule has 0 aliphatic rings. The van der Waals surface area contributed by atoms with Crippen molar-refractivity contribution in [1.29, 1.82) is 0 Å². The smallest absolute Gasteiger partial charge is 0.234 e. The van der Waals surface area contributed by atoms with Gasteiger partial charge < -0.3 is 15.2 Å². The molecule has 2 N–H and O–H groups in total. The molecular formula is C20H19BrClN5O2S. The SMILES string of the molecule is Cc1ccc(NC(=O)Cc2nnc(SCC(=O)Nc3ccc(Br)cc3)n2C)cc1Cl. The summed E-state index contributed by atoms with van der Waals surface area (Å²) in [4.78, 5) is 24.5. The van der Waals surface area contributed by atoms with Crippen LogP contribution in [0.5, 0.6) is 0 Å². The van der Waals surface area contributed by atoms with Gasteiger partial charge in [0, 0.05) is 27.9 Å². The van der Waals surface area contributed by atoms with Gasteiger partial charge >= 0.3 is 0 Å². The Bertz CT molecular complexity index is 1070. The summed E-state index contributed by atoms with van der Waals surface area (Å²) in [5, 5.41) is 14.9. The molecule has 1 heterocycles. The second kappa shape index (κ2) is 10.1. The summed E-state index contributed by atoms with van der Waals surface area (Å²) in [6, 6.07) is 12.7. The number of halogens is 2. The minimum absolute atomic E-state index is 0.0562. The fourth-order valence-corrected chi connectivity index (χ4v) is 3.68. The predicted octanol–water partition coefficient (Wildman–Crippen LogP) is 4.45. The highest BCUT2D eigenvalue weighted by atomic mass is 79.9. The molecular weight excluding hydrogens is 490 g/mol. The standard InChI is InChI=1S/C20H19BrClN5O2S/c1-12-3-6-15(9-16(12)22)24-18(28)10-17-25-26-20(27(17)2)30-11-19(29)23-14-7-4-13(21)5-8-14/h3-9H,10-11H2,1-2H3,(H,23,29)(H,24,28). The van der Waals surface area contributed by atoms with Crippen LogP contribution in [0.25, 0.3) is 0 Å². The molecule has 0 saturated carbocycles. The van der Waals surface area contributed by atoms with Crippen molar-refractivity contribution in [3.63, 3.8) is 0 Å². The summed E-state index contributed by atoms with van der Waals surface area (Å²) in [6.45, 7) is 1.89. The number of hydrogen-bond donors (Lipinski definition) is 2. The molecule has 0 radical (unpaired) electrons. The summed E-state index contributed by atoms with van der Waals surface area (Å²) >= 11 is 10.7. The fraction of sp³-hybridized carbons (Fsp3) is 0.200. The van der Waals surface area contributed by atoms with E-state index in [1.165, 1.54) is 11.8 Å². The molecule has 2 amide bonds. The van der Waals surface area contributed by atoms with Crippen LogP contribution in [-0.2, 0) is 23.1 Å². The zero-order valence-electron chi connectivity index (χ0n) is 16.3. The van der Waals surface area contributed by atoms with E-state index >= 15 is 0 Å². The molecule has 7 nitrogen and oxygen atoms in total. The van der Waals surface area contributed by atoms with Crippen LogP contribution in [0.1, 0.15) is 11.4 Å². The van der Waals surface area contributed by atoms with E-state index in [9.17, 15) is 9.59 Å². The number of rotatable bonds is 7. The van der Waals surface area contributed by atoms with E-state index in [2.05, 4.69) is 36.8 Å². The Morgan fingerprint density at radius 1 is 1.07 bits per heavy atom. The Kier molecular flexibility index (Phi) is 7.52. The Hall–Kier alpha value is -2.36. The number of nitrogens with one attached hydrogen (secondary N) is 2. The van der Waals surface area contributed by atoms with Gasteiger partial charge in [0.25, 0.3) is 0 Å². The Labute approximate surface area is 191 Å². The molecule has 3 rings (SSSR count). The second-order valence-corrected chi connectivity index (χ2v) is 8.76. The van der Waals surface area contributed by atoms with Crippen molar-refractivity contribution < 1.29 is 9.59 Å². The lowest BCUT2D eigenvalue weighted by Gasteiger charge is -2.07. The van der Waals surface area contributed by atoms with E-state index in [1.54, 1.807) is 23.7 Å². The number of aromatic nitrogens is 3. The number of benzene rings is 2. The van der Waals surface area contributed by atoms with Gasteiger partial charge in [-0.2, -0.15) is 0 Å². The summed E-state index contributed by atoms with van der Waals surface area (Å²) < 4.78 is 2.65. The summed E-state index contributed by atoms with van der Waals surface area (Å²) in [5.41, 5.74) is 2.28. The topological polar surface area (TPSA) is 88.9 Å². The van der Waals surface area contributed by atoms with Gasteiger partial charge in [-0.15, -0.1) is 10.2 Å². The third-order valence-electron chi connectivity index (χ3n) is 4.16. The molecule has 0 bridgehead atoms. The van der Waals surface area contributed by atoms with Gasteiger partial charge in [-0.25, -0.2) is 0 Å². The van der Waals surface area contributed by atoms with Crippen LogP contribution in [0.4, 0.5) is 11.4 Å². The summed E-state index contributed by atoms with van der Waals surface area (Å²) in [6.07, 6.45) is 0.0562. The lowest BCUT2D eigenvalue weighted by atomic mass is 10.2. The predicted molar refractivity (Wildman–Crippen MR) is 123 cm³/mol. The third-order valence-corrected chi connectivity index (χ3v) is 6.12. The van der Waals surface area contributed by atoms with Crippen LogP contribution in [0.15, 0.2) is 52.1 Å². The molecule has 0 saturated heterocycles. The second-order valence-electron chi connectivity index (χ2n) is 6.49. The van der Waals surface area contributed by atoms with E-state index < -0.39 is 0 Å². The average molecular weight is 509 g/mol. The third kappa shape index (κ3) is 6.07. The number of aryl methyl sites for hydroxylation is 1. The van der Waals surface area contributed by atoms with Gasteiger partial charge in [-0.05, 0) is 48.9 Å². The van der Waals surface area contributed by atoms with Crippen LogP contribution < -0.4 is 10.6 Å². The molecule has 156 valence electrons. The first-order chi connectivity index (χ1) is 14.3. The molecule has 0 unspecified atom stereocenters. The number of nitrogens with zero attached hydrogens (tertiary/aromatic N) is 3.